The fraction of sp³-hybridized carbons (Fsp3) is 0.533. The second kappa shape index (κ2) is 7.87. The molecule has 112 valence electrons. The molecule has 1 aromatic rings. The molecule has 0 radical (unpaired) electrons. The van der Waals surface area contributed by atoms with Crippen molar-refractivity contribution < 1.29 is 9.90 Å². The van der Waals surface area contributed by atoms with Gasteiger partial charge in [0.1, 0.15) is 0 Å². The van der Waals surface area contributed by atoms with Crippen LogP contribution in [0.3, 0.4) is 0 Å². The first kappa shape index (κ1) is 16.5. The first-order valence-corrected chi connectivity index (χ1v) is 6.95. The average Bonchev–Trinajstić information content (AvgIpc) is 2.43. The van der Waals surface area contributed by atoms with Crippen molar-refractivity contribution in [1.29, 1.82) is 0 Å². The van der Waals surface area contributed by atoms with Crippen LogP contribution in [-0.2, 0) is 0 Å². The van der Waals surface area contributed by atoms with Crippen LogP contribution >= 0.6 is 0 Å². The molecule has 1 atom stereocenters. The van der Waals surface area contributed by atoms with Gasteiger partial charge in [0.25, 0.3) is 0 Å². The third-order valence-electron chi connectivity index (χ3n) is 3.30. The minimum Gasteiger partial charge on any atom is -0.395 e. The number of carbonyl (C=O) groups excluding carboxylic acids is 1. The molecular weight excluding hydrogens is 254 g/mol. The smallest absolute Gasteiger partial charge is 0.322 e. The van der Waals surface area contributed by atoms with E-state index < -0.39 is 0 Å². The van der Waals surface area contributed by atoms with Gasteiger partial charge in [-0.15, -0.1) is 0 Å². The zero-order chi connectivity index (χ0) is 15.1. The topological polar surface area (TPSA) is 64.6 Å². The van der Waals surface area contributed by atoms with Gasteiger partial charge in [0.15, 0.2) is 0 Å². The van der Waals surface area contributed by atoms with Gasteiger partial charge in [0.2, 0.25) is 0 Å². The number of hydrogen-bond acceptors (Lipinski definition) is 3. The van der Waals surface area contributed by atoms with Crippen LogP contribution in [0, 0.1) is 0 Å². The average molecular weight is 279 g/mol. The highest BCUT2D eigenvalue weighted by Crippen LogP contribution is 2.17. The van der Waals surface area contributed by atoms with E-state index >= 15 is 0 Å². The largest absolute Gasteiger partial charge is 0.395 e. The van der Waals surface area contributed by atoms with Crippen molar-refractivity contribution in [2.24, 2.45) is 0 Å². The predicted octanol–water partition coefficient (Wildman–Crippen LogP) is 2.20. The van der Waals surface area contributed by atoms with Gasteiger partial charge in [-0.2, -0.15) is 0 Å². The fourth-order valence-electron chi connectivity index (χ4n) is 1.95. The number of benzene rings is 1. The Hall–Kier alpha value is -1.59. The Morgan fingerprint density at radius 2 is 2.05 bits per heavy atom. The summed E-state index contributed by atoms with van der Waals surface area (Å²) in [5.74, 6) is 0. The number of aliphatic hydroxyl groups is 1. The van der Waals surface area contributed by atoms with Crippen molar-refractivity contribution in [2.75, 3.05) is 25.5 Å². The van der Waals surface area contributed by atoms with E-state index in [0.717, 1.165) is 11.3 Å². The van der Waals surface area contributed by atoms with Crippen LogP contribution in [-0.4, -0.2) is 42.3 Å². The zero-order valence-corrected chi connectivity index (χ0v) is 12.7. The van der Waals surface area contributed by atoms with E-state index in [2.05, 4.69) is 17.6 Å². The molecule has 0 heterocycles. The van der Waals surface area contributed by atoms with E-state index in [1.165, 1.54) is 0 Å². The number of anilines is 1. The van der Waals surface area contributed by atoms with Crippen molar-refractivity contribution in [3.63, 3.8) is 0 Å². The molecule has 0 aliphatic rings. The van der Waals surface area contributed by atoms with Crippen LogP contribution < -0.4 is 10.6 Å². The molecule has 1 rings (SSSR count). The maximum absolute atomic E-state index is 12.2. The number of nitrogens with zero attached hydrogens (tertiary/aromatic N) is 1. The molecule has 2 amide bonds. The summed E-state index contributed by atoms with van der Waals surface area (Å²) in [7, 11) is 1.90. The summed E-state index contributed by atoms with van der Waals surface area (Å²) in [4.78, 5) is 13.8. The summed E-state index contributed by atoms with van der Waals surface area (Å²) >= 11 is 0. The number of rotatable bonds is 6. The lowest BCUT2D eigenvalue weighted by atomic mass is 10.1. The lowest BCUT2D eigenvalue weighted by Gasteiger charge is -2.26. The highest BCUT2D eigenvalue weighted by Gasteiger charge is 2.16. The van der Waals surface area contributed by atoms with E-state index in [1.54, 1.807) is 4.90 Å². The summed E-state index contributed by atoms with van der Waals surface area (Å²) in [6.07, 6.45) is 0. The molecule has 0 spiro atoms. The van der Waals surface area contributed by atoms with E-state index in [0.29, 0.717) is 6.54 Å². The number of aliphatic hydroxyl groups excluding tert-OH is 1. The molecule has 20 heavy (non-hydrogen) atoms. The second-order valence-corrected chi connectivity index (χ2v) is 5.08. The minimum absolute atomic E-state index is 0.0393. The molecule has 0 fully saturated rings. The highest BCUT2D eigenvalue weighted by atomic mass is 16.3. The van der Waals surface area contributed by atoms with E-state index in [4.69, 9.17) is 5.11 Å². The SMILES string of the molecule is CNC(C)c1cccc(NC(=O)N(CCO)C(C)C)c1. The predicted molar refractivity (Wildman–Crippen MR) is 81.9 cm³/mol. The molecule has 0 aromatic heterocycles. The normalized spacial score (nSPS) is 12.3. The molecule has 0 bridgehead atoms. The second-order valence-electron chi connectivity index (χ2n) is 5.08. The Labute approximate surface area is 121 Å². The molecule has 0 aliphatic heterocycles. The summed E-state index contributed by atoms with van der Waals surface area (Å²) in [6, 6.07) is 7.84. The molecule has 1 unspecified atom stereocenters. The summed E-state index contributed by atoms with van der Waals surface area (Å²) < 4.78 is 0. The van der Waals surface area contributed by atoms with Crippen LogP contribution in [0.15, 0.2) is 24.3 Å². The van der Waals surface area contributed by atoms with Gasteiger partial charge in [0, 0.05) is 24.3 Å². The monoisotopic (exact) mass is 279 g/mol. The summed E-state index contributed by atoms with van der Waals surface area (Å²) in [5, 5.41) is 15.1. The standard InChI is InChI=1S/C15H25N3O2/c1-11(2)18(8-9-19)15(20)17-14-7-5-6-13(10-14)12(3)16-4/h5-7,10-12,16,19H,8-9H2,1-4H3,(H,17,20). The number of nitrogens with one attached hydrogen (secondary N) is 2. The van der Waals surface area contributed by atoms with Crippen LogP contribution in [0.5, 0.6) is 0 Å². The van der Waals surface area contributed by atoms with Crippen molar-refractivity contribution in [1.82, 2.24) is 10.2 Å². The Morgan fingerprint density at radius 3 is 2.60 bits per heavy atom. The lowest BCUT2D eigenvalue weighted by Crippen LogP contribution is -2.41. The number of carbonyl (C=O) groups is 1. The molecule has 0 saturated carbocycles. The molecule has 5 heteroatoms. The summed E-state index contributed by atoms with van der Waals surface area (Å²) in [5.41, 5.74) is 1.88. The third-order valence-corrected chi connectivity index (χ3v) is 3.30. The Kier molecular flexibility index (Phi) is 6.48. The van der Waals surface area contributed by atoms with Gasteiger partial charge in [-0.25, -0.2) is 4.79 Å². The van der Waals surface area contributed by atoms with Crippen molar-refractivity contribution in [2.45, 2.75) is 32.9 Å². The van der Waals surface area contributed by atoms with Gasteiger partial charge >= 0.3 is 6.03 Å². The van der Waals surface area contributed by atoms with Gasteiger partial charge in [-0.1, -0.05) is 12.1 Å². The van der Waals surface area contributed by atoms with Crippen molar-refractivity contribution >= 4 is 11.7 Å². The van der Waals surface area contributed by atoms with E-state index in [9.17, 15) is 4.79 Å². The Bertz CT molecular complexity index is 435. The van der Waals surface area contributed by atoms with E-state index in [1.807, 2.05) is 45.2 Å². The summed E-state index contributed by atoms with van der Waals surface area (Å²) in [6.45, 7) is 6.20. The third kappa shape index (κ3) is 4.51. The first-order chi connectivity index (χ1) is 9.49. The zero-order valence-electron chi connectivity index (χ0n) is 12.7. The number of amides is 2. The minimum atomic E-state index is -0.191. The number of hydrogen-bond donors (Lipinski definition) is 3. The number of urea groups is 1. The maximum Gasteiger partial charge on any atom is 0.322 e. The van der Waals surface area contributed by atoms with Crippen molar-refractivity contribution in [3.05, 3.63) is 29.8 Å². The van der Waals surface area contributed by atoms with Gasteiger partial charge < -0.3 is 20.6 Å². The molecular formula is C15H25N3O2. The molecule has 3 N–H and O–H groups in total. The maximum atomic E-state index is 12.2. The van der Waals surface area contributed by atoms with Crippen LogP contribution in [0.4, 0.5) is 10.5 Å². The van der Waals surface area contributed by atoms with E-state index in [-0.39, 0.29) is 24.7 Å². The van der Waals surface area contributed by atoms with Crippen LogP contribution in [0.25, 0.3) is 0 Å². The quantitative estimate of drug-likeness (QED) is 0.748. The van der Waals surface area contributed by atoms with Crippen LogP contribution in [0.1, 0.15) is 32.4 Å². The molecule has 0 aliphatic carbocycles. The van der Waals surface area contributed by atoms with Crippen LogP contribution in [0.2, 0.25) is 0 Å². The molecule has 5 nitrogen and oxygen atoms in total. The first-order valence-electron chi connectivity index (χ1n) is 6.95. The van der Waals surface area contributed by atoms with Gasteiger partial charge in [0.05, 0.1) is 6.61 Å². The van der Waals surface area contributed by atoms with Gasteiger partial charge in [-0.05, 0) is 45.5 Å². The van der Waals surface area contributed by atoms with Crippen molar-refractivity contribution in [3.8, 4) is 0 Å². The Balaban J connectivity index is 2.79. The molecule has 0 saturated heterocycles. The van der Waals surface area contributed by atoms with Gasteiger partial charge in [-0.3, -0.25) is 0 Å². The molecule has 1 aromatic carbocycles. The Morgan fingerprint density at radius 1 is 1.35 bits per heavy atom. The lowest BCUT2D eigenvalue weighted by molar-refractivity contribution is 0.172. The highest BCUT2D eigenvalue weighted by molar-refractivity contribution is 5.89. The fourth-order valence-corrected chi connectivity index (χ4v) is 1.95.